The van der Waals surface area contributed by atoms with Crippen LogP contribution >= 0.6 is 0 Å². The highest BCUT2D eigenvalue weighted by Gasteiger charge is 2.24. The number of allylic oxidation sites excluding steroid dienone is 1. The van der Waals surface area contributed by atoms with Crippen LogP contribution in [0.5, 0.6) is 0 Å². The number of esters is 1. The van der Waals surface area contributed by atoms with Crippen molar-refractivity contribution in [2.45, 2.75) is 51.8 Å². The summed E-state index contributed by atoms with van der Waals surface area (Å²) in [6.07, 6.45) is 3.44. The van der Waals surface area contributed by atoms with Crippen LogP contribution in [0.4, 0.5) is 10.5 Å². The number of amides is 2. The van der Waals surface area contributed by atoms with E-state index in [0.29, 0.717) is 0 Å². The number of hydrogen-bond donors (Lipinski definition) is 3. The van der Waals surface area contributed by atoms with E-state index in [0.717, 1.165) is 4.57 Å². The summed E-state index contributed by atoms with van der Waals surface area (Å²) in [5, 5.41) is 13.7. The van der Waals surface area contributed by atoms with Crippen LogP contribution < -0.4 is 16.2 Å². The Balaban J connectivity index is 2.97. The summed E-state index contributed by atoms with van der Waals surface area (Å²) < 4.78 is 10.6. The Morgan fingerprint density at radius 2 is 1.94 bits per heavy atom. The standard InChI is InChI=1S/C20H27N3O8/c1-20(2,3)31-19(29)22-13(8-5-6-10-16(26)30-4)17(27)21-14-9-7-11-23(18(14)28)12-15(24)25/h6-7,9-11,13H,5,8,12H2,1-4H3,(H,21,27)(H,22,29)(H,24,25)/b10-6+/t13-/m0/s1. The Morgan fingerprint density at radius 1 is 1.26 bits per heavy atom. The quantitative estimate of drug-likeness (QED) is 0.386. The molecule has 2 amide bonds. The highest BCUT2D eigenvalue weighted by atomic mass is 16.6. The number of hydrogen-bond acceptors (Lipinski definition) is 7. The van der Waals surface area contributed by atoms with Gasteiger partial charge in [0, 0.05) is 12.3 Å². The van der Waals surface area contributed by atoms with Gasteiger partial charge in [-0.25, -0.2) is 9.59 Å². The number of carboxylic acid groups (broad SMARTS) is 1. The zero-order valence-electron chi connectivity index (χ0n) is 17.8. The van der Waals surface area contributed by atoms with Crippen LogP contribution in [0.2, 0.25) is 0 Å². The van der Waals surface area contributed by atoms with E-state index in [1.165, 1.54) is 37.6 Å². The van der Waals surface area contributed by atoms with Crippen molar-refractivity contribution in [2.75, 3.05) is 12.4 Å². The third-order valence-electron chi connectivity index (χ3n) is 3.67. The molecule has 0 spiro atoms. The smallest absolute Gasteiger partial charge is 0.408 e. The lowest BCUT2D eigenvalue weighted by Crippen LogP contribution is -2.46. The second-order valence-electron chi connectivity index (χ2n) is 7.44. The molecule has 1 rings (SSSR count). The summed E-state index contributed by atoms with van der Waals surface area (Å²) in [4.78, 5) is 59.2. The van der Waals surface area contributed by atoms with Crippen molar-refractivity contribution in [3.63, 3.8) is 0 Å². The second kappa shape index (κ2) is 11.5. The molecule has 170 valence electrons. The fourth-order valence-corrected chi connectivity index (χ4v) is 2.35. The fourth-order valence-electron chi connectivity index (χ4n) is 2.35. The summed E-state index contributed by atoms with van der Waals surface area (Å²) in [5.74, 6) is -2.49. The van der Waals surface area contributed by atoms with E-state index in [9.17, 15) is 24.0 Å². The van der Waals surface area contributed by atoms with Gasteiger partial charge in [0.1, 0.15) is 23.9 Å². The van der Waals surface area contributed by atoms with Gasteiger partial charge in [-0.2, -0.15) is 0 Å². The molecule has 1 aromatic rings. The number of alkyl carbamates (subject to hydrolysis) is 1. The first-order valence-corrected chi connectivity index (χ1v) is 9.39. The van der Waals surface area contributed by atoms with Crippen LogP contribution in [0.3, 0.4) is 0 Å². The lowest BCUT2D eigenvalue weighted by Gasteiger charge is -2.23. The van der Waals surface area contributed by atoms with Gasteiger partial charge >= 0.3 is 18.0 Å². The highest BCUT2D eigenvalue weighted by Crippen LogP contribution is 2.09. The number of methoxy groups -OCH3 is 1. The van der Waals surface area contributed by atoms with Crippen molar-refractivity contribution in [1.29, 1.82) is 0 Å². The number of pyridine rings is 1. The molecule has 31 heavy (non-hydrogen) atoms. The molecule has 0 unspecified atom stereocenters. The average Bonchev–Trinajstić information content (AvgIpc) is 2.65. The predicted octanol–water partition coefficient (Wildman–Crippen LogP) is 1.27. The maximum atomic E-state index is 12.7. The summed E-state index contributed by atoms with van der Waals surface area (Å²) in [7, 11) is 1.23. The number of nitrogens with zero attached hydrogens (tertiary/aromatic N) is 1. The third-order valence-corrected chi connectivity index (χ3v) is 3.67. The van der Waals surface area contributed by atoms with Crippen molar-refractivity contribution in [3.05, 3.63) is 40.8 Å². The maximum Gasteiger partial charge on any atom is 0.408 e. The molecule has 0 bridgehead atoms. The van der Waals surface area contributed by atoms with Crippen molar-refractivity contribution in [2.24, 2.45) is 0 Å². The van der Waals surface area contributed by atoms with Gasteiger partial charge in [0.05, 0.1) is 7.11 Å². The zero-order valence-corrected chi connectivity index (χ0v) is 17.8. The van der Waals surface area contributed by atoms with Gasteiger partial charge in [-0.3, -0.25) is 14.4 Å². The monoisotopic (exact) mass is 437 g/mol. The van der Waals surface area contributed by atoms with Gasteiger partial charge < -0.3 is 29.8 Å². The van der Waals surface area contributed by atoms with Gasteiger partial charge in [0.2, 0.25) is 5.91 Å². The Hall–Kier alpha value is -3.63. The van der Waals surface area contributed by atoms with Crippen LogP contribution in [-0.4, -0.2) is 52.4 Å². The topological polar surface area (TPSA) is 153 Å². The molecular weight excluding hydrogens is 410 g/mol. The number of carbonyl (C=O) groups is 4. The first kappa shape index (κ1) is 25.4. The number of nitrogens with one attached hydrogen (secondary N) is 2. The molecule has 0 aliphatic rings. The largest absolute Gasteiger partial charge is 0.480 e. The van der Waals surface area contributed by atoms with Crippen LogP contribution in [0.1, 0.15) is 33.6 Å². The van der Waals surface area contributed by atoms with E-state index in [2.05, 4.69) is 15.4 Å². The number of rotatable bonds is 9. The molecule has 1 aromatic heterocycles. The van der Waals surface area contributed by atoms with Crippen LogP contribution in [0, 0.1) is 0 Å². The second-order valence-corrected chi connectivity index (χ2v) is 7.44. The lowest BCUT2D eigenvalue weighted by atomic mass is 10.1. The summed E-state index contributed by atoms with van der Waals surface area (Å²) in [6, 6.07) is 1.64. The first-order chi connectivity index (χ1) is 14.4. The van der Waals surface area contributed by atoms with Crippen molar-refractivity contribution in [3.8, 4) is 0 Å². The Labute approximate surface area is 179 Å². The van der Waals surface area contributed by atoms with E-state index in [4.69, 9.17) is 9.84 Å². The molecule has 0 saturated carbocycles. The predicted molar refractivity (Wildman–Crippen MR) is 111 cm³/mol. The minimum atomic E-state index is -1.22. The van der Waals surface area contributed by atoms with E-state index >= 15 is 0 Å². The molecule has 0 saturated heterocycles. The van der Waals surface area contributed by atoms with Crippen LogP contribution in [0.25, 0.3) is 0 Å². The number of aromatic nitrogens is 1. The minimum Gasteiger partial charge on any atom is -0.480 e. The van der Waals surface area contributed by atoms with Gasteiger partial charge in [-0.05, 0) is 45.7 Å². The molecule has 1 heterocycles. The molecule has 0 radical (unpaired) electrons. The third kappa shape index (κ3) is 9.61. The van der Waals surface area contributed by atoms with E-state index in [1.807, 2.05) is 0 Å². The highest BCUT2D eigenvalue weighted by molar-refractivity contribution is 5.96. The molecular formula is C20H27N3O8. The average molecular weight is 437 g/mol. The van der Waals surface area contributed by atoms with Crippen molar-refractivity contribution < 1.29 is 33.8 Å². The van der Waals surface area contributed by atoms with Crippen LogP contribution in [0.15, 0.2) is 35.3 Å². The number of carboxylic acids is 1. The fraction of sp³-hybridized carbons (Fsp3) is 0.450. The van der Waals surface area contributed by atoms with Crippen molar-refractivity contribution >= 4 is 29.6 Å². The summed E-state index contributed by atoms with van der Waals surface area (Å²) >= 11 is 0. The normalized spacial score (nSPS) is 12.1. The molecule has 3 N–H and O–H groups in total. The van der Waals surface area contributed by atoms with Gasteiger partial charge in [-0.1, -0.05) is 6.08 Å². The van der Waals surface area contributed by atoms with E-state index < -0.39 is 47.7 Å². The minimum absolute atomic E-state index is 0.0920. The first-order valence-electron chi connectivity index (χ1n) is 9.39. The molecule has 0 fully saturated rings. The molecule has 1 atom stereocenters. The summed E-state index contributed by atoms with van der Waals surface area (Å²) in [5.41, 5.74) is -1.64. The lowest BCUT2D eigenvalue weighted by molar-refractivity contribution is -0.138. The number of aliphatic carboxylic acids is 1. The molecule has 11 nitrogen and oxygen atoms in total. The molecule has 0 aliphatic heterocycles. The molecule has 11 heteroatoms. The summed E-state index contributed by atoms with van der Waals surface area (Å²) in [6.45, 7) is 4.42. The number of carbonyl (C=O) groups excluding carboxylic acids is 3. The molecule has 0 aromatic carbocycles. The zero-order chi connectivity index (χ0) is 23.6. The molecule has 0 aliphatic carbocycles. The SMILES string of the molecule is COC(=O)/C=C/CC[C@H](NC(=O)OC(C)(C)C)C(=O)Nc1cccn(CC(=O)O)c1=O. The van der Waals surface area contributed by atoms with Gasteiger partial charge in [0.25, 0.3) is 5.56 Å². The van der Waals surface area contributed by atoms with E-state index in [1.54, 1.807) is 20.8 Å². The number of ether oxygens (including phenoxy) is 2. The number of anilines is 1. The van der Waals surface area contributed by atoms with Gasteiger partial charge in [-0.15, -0.1) is 0 Å². The van der Waals surface area contributed by atoms with E-state index in [-0.39, 0.29) is 18.5 Å². The Bertz CT molecular complexity index is 898. The van der Waals surface area contributed by atoms with Crippen LogP contribution in [-0.2, 0) is 30.4 Å². The Kier molecular flexibility index (Phi) is 9.45. The Morgan fingerprint density at radius 3 is 2.52 bits per heavy atom. The maximum absolute atomic E-state index is 12.7. The van der Waals surface area contributed by atoms with Crippen molar-refractivity contribution in [1.82, 2.24) is 9.88 Å². The van der Waals surface area contributed by atoms with Gasteiger partial charge in [0.15, 0.2) is 0 Å².